The number of nitrogens with zero attached hydrogens (tertiary/aromatic N) is 1. The van der Waals surface area contributed by atoms with E-state index in [0.29, 0.717) is 25.3 Å². The van der Waals surface area contributed by atoms with Crippen LogP contribution in [0.1, 0.15) is 87.5 Å². The monoisotopic (exact) mass is 448 g/mol. The normalized spacial score (nSPS) is 15.3. The van der Waals surface area contributed by atoms with Gasteiger partial charge in [0, 0.05) is 19.0 Å². The third-order valence-electron chi connectivity index (χ3n) is 6.87. The largest absolute Gasteiger partial charge is 0.352 e. The number of nitrogens with one attached hydrogen (secondary N) is 1. The Morgan fingerprint density at radius 1 is 0.909 bits per heavy atom. The molecule has 1 atom stereocenters. The van der Waals surface area contributed by atoms with Gasteiger partial charge in [0.05, 0.1) is 0 Å². The van der Waals surface area contributed by atoms with Gasteiger partial charge in [-0.1, -0.05) is 87.2 Å². The summed E-state index contributed by atoms with van der Waals surface area (Å²) in [5.74, 6) is 0.479. The summed E-state index contributed by atoms with van der Waals surface area (Å²) in [7, 11) is 0. The molecule has 33 heavy (non-hydrogen) atoms. The highest BCUT2D eigenvalue weighted by Gasteiger charge is 2.27. The Labute approximate surface area is 199 Å². The van der Waals surface area contributed by atoms with E-state index in [1.54, 1.807) is 4.90 Å². The second-order valence-corrected chi connectivity index (χ2v) is 9.92. The zero-order valence-corrected chi connectivity index (χ0v) is 20.8. The van der Waals surface area contributed by atoms with Crippen molar-refractivity contribution in [2.75, 3.05) is 0 Å². The predicted octanol–water partition coefficient (Wildman–Crippen LogP) is 5.92. The van der Waals surface area contributed by atoms with Crippen LogP contribution in [0.3, 0.4) is 0 Å². The molecule has 0 saturated heterocycles. The van der Waals surface area contributed by atoms with E-state index in [2.05, 4.69) is 62.5 Å². The summed E-state index contributed by atoms with van der Waals surface area (Å²) in [6, 6.07) is 16.5. The Morgan fingerprint density at radius 2 is 1.52 bits per heavy atom. The van der Waals surface area contributed by atoms with Crippen LogP contribution in [-0.2, 0) is 22.6 Å². The molecule has 0 aromatic heterocycles. The van der Waals surface area contributed by atoms with E-state index in [-0.39, 0.29) is 17.9 Å². The van der Waals surface area contributed by atoms with Gasteiger partial charge in [-0.05, 0) is 55.7 Å². The molecule has 2 amide bonds. The van der Waals surface area contributed by atoms with Crippen molar-refractivity contribution < 1.29 is 9.59 Å². The van der Waals surface area contributed by atoms with Gasteiger partial charge in [0.2, 0.25) is 11.8 Å². The maximum Gasteiger partial charge on any atom is 0.242 e. The Morgan fingerprint density at radius 3 is 2.12 bits per heavy atom. The average molecular weight is 449 g/mol. The zero-order valence-electron chi connectivity index (χ0n) is 20.8. The molecule has 0 heterocycles. The van der Waals surface area contributed by atoms with Crippen LogP contribution in [0.25, 0.3) is 0 Å². The van der Waals surface area contributed by atoms with Crippen LogP contribution in [-0.4, -0.2) is 28.8 Å². The molecule has 1 aliphatic rings. The Bertz CT molecular complexity index is 896. The summed E-state index contributed by atoms with van der Waals surface area (Å²) in [5, 5.41) is 3.21. The lowest BCUT2D eigenvalue weighted by Crippen LogP contribution is -2.50. The maximum absolute atomic E-state index is 13.3. The standard InChI is InChI=1S/C29H40N2O2/c1-21(2)26-17-14-24(15-18-26)16-19-28(32)31(20-25-12-10-22(3)11-13-25)23(4)29(33)30-27-8-6-5-7-9-27/h10-15,17-18,21,23,27H,5-9,16,19-20H2,1-4H3,(H,30,33). The Balaban J connectivity index is 1.68. The quantitative estimate of drug-likeness (QED) is 0.518. The van der Waals surface area contributed by atoms with Crippen molar-refractivity contribution in [3.05, 3.63) is 70.8 Å². The predicted molar refractivity (Wildman–Crippen MR) is 135 cm³/mol. The molecule has 3 rings (SSSR count). The number of amides is 2. The van der Waals surface area contributed by atoms with Gasteiger partial charge < -0.3 is 10.2 Å². The Kier molecular flexibility index (Phi) is 9.11. The fourth-order valence-corrected chi connectivity index (χ4v) is 4.51. The summed E-state index contributed by atoms with van der Waals surface area (Å²) in [6.45, 7) is 8.73. The minimum absolute atomic E-state index is 0.0230. The van der Waals surface area contributed by atoms with E-state index in [1.165, 1.54) is 30.4 Å². The number of rotatable bonds is 9. The maximum atomic E-state index is 13.3. The van der Waals surface area contributed by atoms with Gasteiger partial charge in [-0.25, -0.2) is 0 Å². The highest BCUT2D eigenvalue weighted by molar-refractivity contribution is 5.87. The molecule has 0 aliphatic heterocycles. The van der Waals surface area contributed by atoms with Crippen molar-refractivity contribution in [3.8, 4) is 0 Å². The van der Waals surface area contributed by atoms with E-state index >= 15 is 0 Å². The van der Waals surface area contributed by atoms with Crippen LogP contribution in [0.15, 0.2) is 48.5 Å². The molecule has 0 radical (unpaired) electrons. The first-order chi connectivity index (χ1) is 15.8. The molecule has 0 spiro atoms. The van der Waals surface area contributed by atoms with Crippen LogP contribution < -0.4 is 5.32 Å². The summed E-state index contributed by atoms with van der Waals surface area (Å²) in [4.78, 5) is 28.2. The van der Waals surface area contributed by atoms with Crippen molar-refractivity contribution in [1.82, 2.24) is 10.2 Å². The second kappa shape index (κ2) is 12.0. The number of aryl methyl sites for hydroxylation is 2. The highest BCUT2D eigenvalue weighted by atomic mass is 16.2. The van der Waals surface area contributed by atoms with Crippen molar-refractivity contribution in [1.29, 1.82) is 0 Å². The molecule has 2 aromatic rings. The van der Waals surface area contributed by atoms with Gasteiger partial charge in [0.25, 0.3) is 0 Å². The van der Waals surface area contributed by atoms with Crippen LogP contribution in [0, 0.1) is 6.92 Å². The molecule has 1 unspecified atom stereocenters. The lowest BCUT2D eigenvalue weighted by molar-refractivity contribution is -0.141. The molecule has 1 N–H and O–H groups in total. The molecule has 0 bridgehead atoms. The lowest BCUT2D eigenvalue weighted by Gasteiger charge is -2.31. The molecular weight excluding hydrogens is 408 g/mol. The van der Waals surface area contributed by atoms with Gasteiger partial charge >= 0.3 is 0 Å². The van der Waals surface area contributed by atoms with Gasteiger partial charge in [-0.2, -0.15) is 0 Å². The molecule has 2 aromatic carbocycles. The molecule has 4 heteroatoms. The van der Waals surface area contributed by atoms with E-state index in [1.807, 2.05) is 19.1 Å². The first-order valence-electron chi connectivity index (χ1n) is 12.6. The average Bonchev–Trinajstić information content (AvgIpc) is 2.82. The first-order valence-corrected chi connectivity index (χ1v) is 12.6. The number of benzene rings is 2. The zero-order chi connectivity index (χ0) is 23.8. The number of carbonyl (C=O) groups is 2. The van der Waals surface area contributed by atoms with Crippen molar-refractivity contribution in [2.45, 2.75) is 97.2 Å². The van der Waals surface area contributed by atoms with E-state index in [4.69, 9.17) is 0 Å². The number of carbonyl (C=O) groups excluding carboxylic acids is 2. The van der Waals surface area contributed by atoms with E-state index < -0.39 is 6.04 Å². The third-order valence-corrected chi connectivity index (χ3v) is 6.87. The van der Waals surface area contributed by atoms with Crippen molar-refractivity contribution >= 4 is 11.8 Å². The second-order valence-electron chi connectivity index (χ2n) is 9.92. The molecule has 178 valence electrons. The van der Waals surface area contributed by atoms with Crippen LogP contribution in [0.4, 0.5) is 0 Å². The summed E-state index contributed by atoms with van der Waals surface area (Å²) in [5.41, 5.74) is 4.69. The van der Waals surface area contributed by atoms with Gasteiger partial charge in [-0.15, -0.1) is 0 Å². The summed E-state index contributed by atoms with van der Waals surface area (Å²) in [6.07, 6.45) is 6.74. The summed E-state index contributed by atoms with van der Waals surface area (Å²) >= 11 is 0. The van der Waals surface area contributed by atoms with Gasteiger partial charge in [0.1, 0.15) is 6.04 Å². The molecule has 1 aliphatic carbocycles. The van der Waals surface area contributed by atoms with Crippen LogP contribution in [0.2, 0.25) is 0 Å². The van der Waals surface area contributed by atoms with Crippen molar-refractivity contribution in [3.63, 3.8) is 0 Å². The fraction of sp³-hybridized carbons (Fsp3) is 0.517. The SMILES string of the molecule is Cc1ccc(CN(C(=O)CCc2ccc(C(C)C)cc2)C(C)C(=O)NC2CCCCC2)cc1. The van der Waals surface area contributed by atoms with Gasteiger partial charge in [0.15, 0.2) is 0 Å². The summed E-state index contributed by atoms with van der Waals surface area (Å²) < 4.78 is 0. The van der Waals surface area contributed by atoms with Crippen LogP contribution >= 0.6 is 0 Å². The fourth-order valence-electron chi connectivity index (χ4n) is 4.51. The minimum atomic E-state index is -0.496. The van der Waals surface area contributed by atoms with Crippen molar-refractivity contribution in [2.24, 2.45) is 0 Å². The smallest absolute Gasteiger partial charge is 0.242 e. The number of hydrogen-bond acceptors (Lipinski definition) is 2. The lowest BCUT2D eigenvalue weighted by atomic mass is 9.95. The van der Waals surface area contributed by atoms with E-state index in [9.17, 15) is 9.59 Å². The topological polar surface area (TPSA) is 49.4 Å². The highest BCUT2D eigenvalue weighted by Crippen LogP contribution is 2.19. The molecular formula is C29H40N2O2. The van der Waals surface area contributed by atoms with E-state index in [0.717, 1.165) is 24.0 Å². The molecule has 1 fully saturated rings. The minimum Gasteiger partial charge on any atom is -0.352 e. The van der Waals surface area contributed by atoms with Crippen LogP contribution in [0.5, 0.6) is 0 Å². The first kappa shape index (κ1) is 25.0. The molecule has 4 nitrogen and oxygen atoms in total. The third kappa shape index (κ3) is 7.45. The Hall–Kier alpha value is -2.62. The molecule has 1 saturated carbocycles. The number of hydrogen-bond donors (Lipinski definition) is 1. The van der Waals surface area contributed by atoms with Gasteiger partial charge in [-0.3, -0.25) is 9.59 Å².